The first-order chi connectivity index (χ1) is 9.42. The minimum absolute atomic E-state index is 0.128. The number of sulfonamides is 1. The van der Waals surface area contributed by atoms with Crippen LogP contribution in [0.2, 0.25) is 0 Å². The second-order valence-corrected chi connectivity index (χ2v) is 7.42. The highest BCUT2D eigenvalue weighted by Gasteiger charge is 2.19. The van der Waals surface area contributed by atoms with E-state index in [0.717, 1.165) is 24.4 Å². The van der Waals surface area contributed by atoms with E-state index < -0.39 is 10.0 Å². The maximum absolute atomic E-state index is 11.7. The van der Waals surface area contributed by atoms with Crippen LogP contribution in [0.4, 0.5) is 11.4 Å². The average Bonchev–Trinajstić information content (AvgIpc) is 2.41. The van der Waals surface area contributed by atoms with E-state index in [9.17, 15) is 8.42 Å². The molecule has 112 valence electrons. The van der Waals surface area contributed by atoms with Gasteiger partial charge in [-0.15, -0.1) is 0 Å². The van der Waals surface area contributed by atoms with Gasteiger partial charge in [-0.05, 0) is 56.8 Å². The Morgan fingerprint density at radius 1 is 1.20 bits per heavy atom. The zero-order chi connectivity index (χ0) is 14.8. The Kier molecular flexibility index (Phi) is 4.55. The average molecular weight is 297 g/mol. The van der Waals surface area contributed by atoms with Crippen molar-refractivity contribution in [1.82, 2.24) is 4.72 Å². The van der Waals surface area contributed by atoms with Gasteiger partial charge in [0.15, 0.2) is 0 Å². The first kappa shape index (κ1) is 15.1. The molecule has 0 bridgehead atoms. The van der Waals surface area contributed by atoms with Gasteiger partial charge in [0.2, 0.25) is 10.0 Å². The molecule has 0 spiro atoms. The Labute approximate surface area is 121 Å². The van der Waals surface area contributed by atoms with E-state index in [-0.39, 0.29) is 10.6 Å². The molecule has 0 radical (unpaired) electrons. The van der Waals surface area contributed by atoms with Gasteiger partial charge in [0.05, 0.1) is 5.69 Å². The highest BCUT2D eigenvalue weighted by atomic mass is 32.2. The van der Waals surface area contributed by atoms with Crippen molar-refractivity contribution in [2.75, 3.05) is 18.1 Å². The highest BCUT2D eigenvalue weighted by molar-refractivity contribution is 7.89. The fraction of sp³-hybridized carbons (Fsp3) is 0.571. The molecule has 0 atom stereocenters. The van der Waals surface area contributed by atoms with Crippen LogP contribution >= 0.6 is 0 Å². The van der Waals surface area contributed by atoms with Crippen LogP contribution in [0.5, 0.6) is 0 Å². The maximum atomic E-state index is 11.7. The third kappa shape index (κ3) is 3.43. The monoisotopic (exact) mass is 297 g/mol. The SMILES string of the molecule is CNS(=O)(=O)c1ccc(NC2CCC(C)CC2)cc1N. The Morgan fingerprint density at radius 3 is 2.40 bits per heavy atom. The summed E-state index contributed by atoms with van der Waals surface area (Å²) in [6.45, 7) is 2.28. The molecule has 0 aromatic heterocycles. The van der Waals surface area contributed by atoms with Crippen molar-refractivity contribution in [3.63, 3.8) is 0 Å². The lowest BCUT2D eigenvalue weighted by atomic mass is 9.87. The van der Waals surface area contributed by atoms with Crippen LogP contribution in [0.25, 0.3) is 0 Å². The summed E-state index contributed by atoms with van der Waals surface area (Å²) in [5, 5.41) is 3.44. The second-order valence-electron chi connectivity index (χ2n) is 5.56. The Hall–Kier alpha value is -1.27. The van der Waals surface area contributed by atoms with Crippen molar-refractivity contribution in [1.29, 1.82) is 0 Å². The van der Waals surface area contributed by atoms with Gasteiger partial charge in [-0.1, -0.05) is 6.92 Å². The highest BCUT2D eigenvalue weighted by Crippen LogP contribution is 2.28. The van der Waals surface area contributed by atoms with Crippen molar-refractivity contribution in [3.05, 3.63) is 18.2 Å². The van der Waals surface area contributed by atoms with Gasteiger partial charge in [-0.2, -0.15) is 0 Å². The van der Waals surface area contributed by atoms with E-state index >= 15 is 0 Å². The van der Waals surface area contributed by atoms with Gasteiger partial charge in [0.25, 0.3) is 0 Å². The summed E-state index contributed by atoms with van der Waals surface area (Å²) in [7, 11) is -2.11. The molecule has 1 saturated carbocycles. The summed E-state index contributed by atoms with van der Waals surface area (Å²) in [4.78, 5) is 0.128. The van der Waals surface area contributed by atoms with Gasteiger partial charge in [-0.3, -0.25) is 0 Å². The molecule has 2 rings (SSSR count). The summed E-state index contributed by atoms with van der Waals surface area (Å²) >= 11 is 0. The van der Waals surface area contributed by atoms with E-state index in [4.69, 9.17) is 5.73 Å². The Balaban J connectivity index is 2.10. The first-order valence-corrected chi connectivity index (χ1v) is 8.50. The number of rotatable bonds is 4. The molecule has 0 aliphatic heterocycles. The number of hydrogen-bond acceptors (Lipinski definition) is 4. The summed E-state index contributed by atoms with van der Waals surface area (Å²) in [6.07, 6.45) is 4.77. The molecule has 0 saturated heterocycles. The topological polar surface area (TPSA) is 84.2 Å². The number of nitrogens with two attached hydrogens (primary N) is 1. The summed E-state index contributed by atoms with van der Waals surface area (Å²) < 4.78 is 25.8. The van der Waals surface area contributed by atoms with E-state index in [2.05, 4.69) is 17.0 Å². The lowest BCUT2D eigenvalue weighted by Gasteiger charge is -2.28. The normalized spacial score (nSPS) is 23.5. The summed E-state index contributed by atoms with van der Waals surface area (Å²) in [6, 6.07) is 5.48. The molecule has 20 heavy (non-hydrogen) atoms. The molecule has 1 fully saturated rings. The fourth-order valence-corrected chi connectivity index (χ4v) is 3.47. The number of hydrogen-bond donors (Lipinski definition) is 3. The summed E-state index contributed by atoms with van der Waals surface area (Å²) in [5.74, 6) is 0.807. The van der Waals surface area contributed by atoms with Crippen LogP contribution in [-0.2, 0) is 10.0 Å². The van der Waals surface area contributed by atoms with Gasteiger partial charge in [0.1, 0.15) is 4.90 Å². The zero-order valence-electron chi connectivity index (χ0n) is 12.0. The number of benzene rings is 1. The minimum atomic E-state index is -3.49. The lowest BCUT2D eigenvalue weighted by molar-refractivity contribution is 0.361. The molecule has 1 aromatic carbocycles. The molecule has 0 amide bonds. The van der Waals surface area contributed by atoms with Crippen molar-refractivity contribution in [2.24, 2.45) is 5.92 Å². The minimum Gasteiger partial charge on any atom is -0.398 e. The van der Waals surface area contributed by atoms with Gasteiger partial charge < -0.3 is 11.1 Å². The Morgan fingerprint density at radius 2 is 1.85 bits per heavy atom. The number of nitrogen functional groups attached to an aromatic ring is 1. The zero-order valence-corrected chi connectivity index (χ0v) is 12.8. The van der Waals surface area contributed by atoms with Gasteiger partial charge >= 0.3 is 0 Å². The van der Waals surface area contributed by atoms with Gasteiger partial charge in [-0.25, -0.2) is 13.1 Å². The van der Waals surface area contributed by atoms with Crippen LogP contribution in [0.15, 0.2) is 23.1 Å². The molecule has 4 N–H and O–H groups in total. The largest absolute Gasteiger partial charge is 0.398 e. The van der Waals surface area contributed by atoms with Crippen LogP contribution in [0, 0.1) is 5.92 Å². The standard InChI is InChI=1S/C14H23N3O2S/c1-10-3-5-11(6-4-10)17-12-7-8-14(13(15)9-12)20(18,19)16-2/h7-11,16-17H,3-6,15H2,1-2H3. The molecule has 0 unspecified atom stereocenters. The van der Waals surface area contributed by atoms with Crippen LogP contribution in [0.1, 0.15) is 32.6 Å². The number of nitrogens with one attached hydrogen (secondary N) is 2. The molecular formula is C14H23N3O2S. The van der Waals surface area contributed by atoms with Crippen LogP contribution in [-0.4, -0.2) is 21.5 Å². The van der Waals surface area contributed by atoms with Crippen molar-refractivity contribution in [2.45, 2.75) is 43.5 Å². The number of anilines is 2. The molecule has 1 aliphatic rings. The van der Waals surface area contributed by atoms with E-state index in [1.165, 1.54) is 19.9 Å². The predicted molar refractivity (Wildman–Crippen MR) is 82.1 cm³/mol. The Bertz CT molecular complexity index is 564. The van der Waals surface area contributed by atoms with E-state index in [1.54, 1.807) is 18.2 Å². The molecule has 5 nitrogen and oxygen atoms in total. The quantitative estimate of drug-likeness (QED) is 0.744. The summed E-state index contributed by atoms with van der Waals surface area (Å²) in [5.41, 5.74) is 7.01. The second kappa shape index (κ2) is 6.01. The lowest BCUT2D eigenvalue weighted by Crippen LogP contribution is -2.25. The van der Waals surface area contributed by atoms with Crippen LogP contribution in [0.3, 0.4) is 0 Å². The van der Waals surface area contributed by atoms with Crippen molar-refractivity contribution >= 4 is 21.4 Å². The smallest absolute Gasteiger partial charge is 0.242 e. The molecule has 1 aromatic rings. The fourth-order valence-electron chi connectivity index (χ4n) is 2.63. The molecule has 1 aliphatic carbocycles. The molecule has 0 heterocycles. The van der Waals surface area contributed by atoms with Crippen LogP contribution < -0.4 is 15.8 Å². The van der Waals surface area contributed by atoms with Gasteiger partial charge in [0, 0.05) is 11.7 Å². The third-order valence-electron chi connectivity index (χ3n) is 3.95. The van der Waals surface area contributed by atoms with Crippen molar-refractivity contribution < 1.29 is 8.42 Å². The third-order valence-corrected chi connectivity index (χ3v) is 5.44. The molecular weight excluding hydrogens is 274 g/mol. The maximum Gasteiger partial charge on any atom is 0.242 e. The molecule has 6 heteroatoms. The van der Waals surface area contributed by atoms with E-state index in [1.807, 2.05) is 0 Å². The predicted octanol–water partition coefficient (Wildman–Crippen LogP) is 2.17. The first-order valence-electron chi connectivity index (χ1n) is 7.02. The van der Waals surface area contributed by atoms with E-state index in [0.29, 0.717) is 6.04 Å². The van der Waals surface area contributed by atoms with Crippen molar-refractivity contribution in [3.8, 4) is 0 Å².